The van der Waals surface area contributed by atoms with Crippen molar-refractivity contribution in [2.24, 2.45) is 0 Å². The molecule has 0 fully saturated rings. The highest BCUT2D eigenvalue weighted by molar-refractivity contribution is 5.93. The Kier molecular flexibility index (Phi) is 5.07. The lowest BCUT2D eigenvalue weighted by molar-refractivity contribution is -0.144. The van der Waals surface area contributed by atoms with E-state index in [1.54, 1.807) is 0 Å². The van der Waals surface area contributed by atoms with Crippen LogP contribution in [0.25, 0.3) is 0 Å². The van der Waals surface area contributed by atoms with Crippen LogP contribution in [-0.4, -0.2) is 36.5 Å². The van der Waals surface area contributed by atoms with Crippen LogP contribution in [0, 0.1) is 11.6 Å². The Balaban J connectivity index is 2.92. The predicted octanol–water partition coefficient (Wildman–Crippen LogP) is 0.648. The summed E-state index contributed by atoms with van der Waals surface area (Å²) in [6.07, 6.45) is 0. The van der Waals surface area contributed by atoms with E-state index in [0.717, 1.165) is 14.0 Å². The lowest BCUT2D eigenvalue weighted by Gasteiger charge is -2.08. The number of hydrogen-bond donors (Lipinski definition) is 1. The molecule has 0 aliphatic heterocycles. The molecule has 0 aliphatic rings. The molecule has 0 saturated carbocycles. The first-order valence-electron chi connectivity index (χ1n) is 5.22. The van der Waals surface area contributed by atoms with Crippen LogP contribution in [0.15, 0.2) is 6.07 Å². The van der Waals surface area contributed by atoms with Crippen molar-refractivity contribution in [2.75, 3.05) is 19.0 Å². The molecule has 0 saturated heterocycles. The van der Waals surface area contributed by atoms with E-state index in [1.807, 2.05) is 5.32 Å². The third kappa shape index (κ3) is 3.97. The first kappa shape index (κ1) is 15.5. The molecule has 1 N–H and O–H groups in total. The third-order valence-electron chi connectivity index (χ3n) is 1.97. The molecule has 1 heterocycles. The number of methoxy groups -OCH3 is 1. The summed E-state index contributed by atoms with van der Waals surface area (Å²) >= 11 is 0. The molecule has 0 atom stereocenters. The van der Waals surface area contributed by atoms with Gasteiger partial charge in [0.25, 0.3) is 5.91 Å². The van der Waals surface area contributed by atoms with E-state index in [-0.39, 0.29) is 0 Å². The zero-order valence-electron chi connectivity index (χ0n) is 10.5. The van der Waals surface area contributed by atoms with E-state index in [1.165, 1.54) is 0 Å². The molecule has 7 nitrogen and oxygen atoms in total. The number of aromatic nitrogens is 1. The Bertz CT molecular complexity index is 562. The van der Waals surface area contributed by atoms with Crippen LogP contribution in [0.5, 0.6) is 0 Å². The third-order valence-corrected chi connectivity index (χ3v) is 1.97. The van der Waals surface area contributed by atoms with Crippen LogP contribution in [-0.2, 0) is 19.1 Å². The quantitative estimate of drug-likeness (QED) is 0.817. The highest BCUT2D eigenvalue weighted by Crippen LogP contribution is 2.16. The van der Waals surface area contributed by atoms with Crippen LogP contribution in [0.1, 0.15) is 17.4 Å². The number of anilines is 1. The normalized spacial score (nSPS) is 9.80. The van der Waals surface area contributed by atoms with Crippen molar-refractivity contribution in [1.82, 2.24) is 4.98 Å². The second-order valence-electron chi connectivity index (χ2n) is 3.47. The van der Waals surface area contributed by atoms with Gasteiger partial charge in [-0.2, -0.15) is 0 Å². The fraction of sp³-hybridized carbons (Fsp3) is 0.273. The smallest absolute Gasteiger partial charge is 0.359 e. The molecule has 108 valence electrons. The Morgan fingerprint density at radius 2 is 1.95 bits per heavy atom. The molecule has 0 aliphatic carbocycles. The van der Waals surface area contributed by atoms with Gasteiger partial charge in [-0.1, -0.05) is 0 Å². The monoisotopic (exact) mass is 288 g/mol. The molecule has 1 amide bonds. The van der Waals surface area contributed by atoms with E-state index in [9.17, 15) is 23.2 Å². The number of amides is 1. The second-order valence-corrected chi connectivity index (χ2v) is 3.47. The number of esters is 2. The van der Waals surface area contributed by atoms with E-state index in [4.69, 9.17) is 0 Å². The summed E-state index contributed by atoms with van der Waals surface area (Å²) in [6, 6.07) is 0.376. The number of hydrogen-bond acceptors (Lipinski definition) is 6. The van der Waals surface area contributed by atoms with Crippen LogP contribution < -0.4 is 5.32 Å². The van der Waals surface area contributed by atoms with E-state index < -0.39 is 47.6 Å². The van der Waals surface area contributed by atoms with Gasteiger partial charge in [0, 0.05) is 13.0 Å². The van der Waals surface area contributed by atoms with Gasteiger partial charge in [-0.3, -0.25) is 9.59 Å². The Labute approximate surface area is 111 Å². The average Bonchev–Trinajstić information content (AvgIpc) is 2.38. The molecule has 0 radical (unpaired) electrons. The first-order valence-corrected chi connectivity index (χ1v) is 5.22. The van der Waals surface area contributed by atoms with Crippen molar-refractivity contribution in [3.8, 4) is 0 Å². The van der Waals surface area contributed by atoms with Crippen molar-refractivity contribution in [3.63, 3.8) is 0 Å². The fourth-order valence-corrected chi connectivity index (χ4v) is 1.13. The molecule has 0 bridgehead atoms. The maximum atomic E-state index is 13.4. The zero-order chi connectivity index (χ0) is 15.3. The van der Waals surface area contributed by atoms with Crippen molar-refractivity contribution < 1.29 is 32.6 Å². The highest BCUT2D eigenvalue weighted by atomic mass is 19.1. The van der Waals surface area contributed by atoms with Crippen LogP contribution in [0.3, 0.4) is 0 Å². The number of halogens is 2. The van der Waals surface area contributed by atoms with E-state index >= 15 is 0 Å². The summed E-state index contributed by atoms with van der Waals surface area (Å²) in [6.45, 7) is 0.417. The van der Waals surface area contributed by atoms with Gasteiger partial charge in [0.1, 0.15) is 0 Å². The van der Waals surface area contributed by atoms with Gasteiger partial charge in [0.05, 0.1) is 7.11 Å². The van der Waals surface area contributed by atoms with Crippen molar-refractivity contribution in [3.05, 3.63) is 23.4 Å². The van der Waals surface area contributed by atoms with Gasteiger partial charge in [0.2, 0.25) is 0 Å². The van der Waals surface area contributed by atoms with Gasteiger partial charge in [0.15, 0.2) is 29.8 Å². The van der Waals surface area contributed by atoms with Gasteiger partial charge >= 0.3 is 11.9 Å². The molecule has 20 heavy (non-hydrogen) atoms. The number of ether oxygens (including phenoxy) is 2. The summed E-state index contributed by atoms with van der Waals surface area (Å²) in [4.78, 5) is 36.3. The van der Waals surface area contributed by atoms with Crippen molar-refractivity contribution in [1.29, 1.82) is 0 Å². The van der Waals surface area contributed by atoms with Gasteiger partial charge in [-0.05, 0) is 0 Å². The lowest BCUT2D eigenvalue weighted by Crippen LogP contribution is -2.22. The minimum atomic E-state index is -1.23. The standard InChI is InChI=1S/C11H10F2N2O5/c1-5(16)20-4-8(17)14-10-7(13)3-6(12)9(15-10)11(18)19-2/h3H,4H2,1-2H3,(H,14,15,17). The summed E-state index contributed by atoms with van der Waals surface area (Å²) in [7, 11) is 0.992. The van der Waals surface area contributed by atoms with Crippen molar-refractivity contribution in [2.45, 2.75) is 6.92 Å². The zero-order valence-corrected chi connectivity index (χ0v) is 10.5. The molecule has 1 rings (SSSR count). The number of pyridine rings is 1. The molecule has 0 unspecified atom stereocenters. The van der Waals surface area contributed by atoms with Gasteiger partial charge in [-0.25, -0.2) is 18.6 Å². The minimum Gasteiger partial charge on any atom is -0.464 e. The second kappa shape index (κ2) is 6.55. The fourth-order valence-electron chi connectivity index (χ4n) is 1.13. The Hall–Kier alpha value is -2.58. The lowest BCUT2D eigenvalue weighted by atomic mass is 10.3. The summed E-state index contributed by atoms with van der Waals surface area (Å²) in [5, 5.41) is 1.94. The van der Waals surface area contributed by atoms with Gasteiger partial charge < -0.3 is 14.8 Å². The molecule has 1 aromatic heterocycles. The number of nitrogens with one attached hydrogen (secondary N) is 1. The Morgan fingerprint density at radius 3 is 2.50 bits per heavy atom. The highest BCUT2D eigenvalue weighted by Gasteiger charge is 2.19. The molecule has 9 heteroatoms. The molecular weight excluding hydrogens is 278 g/mol. The number of carbonyl (C=O) groups is 3. The van der Waals surface area contributed by atoms with Crippen LogP contribution in [0.2, 0.25) is 0 Å². The summed E-state index contributed by atoms with van der Waals surface area (Å²) in [5.41, 5.74) is -0.781. The largest absolute Gasteiger partial charge is 0.464 e. The molecule has 0 aromatic carbocycles. The average molecular weight is 288 g/mol. The molecule has 0 spiro atoms. The maximum absolute atomic E-state index is 13.4. The first-order chi connectivity index (χ1) is 9.35. The van der Waals surface area contributed by atoms with E-state index in [0.29, 0.717) is 6.07 Å². The van der Waals surface area contributed by atoms with Crippen molar-refractivity contribution >= 4 is 23.7 Å². The SMILES string of the molecule is COC(=O)c1nc(NC(=O)COC(C)=O)c(F)cc1F. The molecular formula is C11H10F2N2O5. The summed E-state index contributed by atoms with van der Waals surface area (Å²) in [5.74, 6) is -5.82. The number of nitrogens with zero attached hydrogens (tertiary/aromatic N) is 1. The number of rotatable bonds is 4. The molecule has 1 aromatic rings. The maximum Gasteiger partial charge on any atom is 0.359 e. The summed E-state index contributed by atoms with van der Waals surface area (Å²) < 4.78 is 35.3. The Morgan fingerprint density at radius 1 is 1.30 bits per heavy atom. The predicted molar refractivity (Wildman–Crippen MR) is 60.8 cm³/mol. The van der Waals surface area contributed by atoms with Crippen LogP contribution in [0.4, 0.5) is 14.6 Å². The van der Waals surface area contributed by atoms with Gasteiger partial charge in [-0.15, -0.1) is 0 Å². The van der Waals surface area contributed by atoms with E-state index in [2.05, 4.69) is 14.5 Å². The topological polar surface area (TPSA) is 94.6 Å². The number of carbonyl (C=O) groups excluding carboxylic acids is 3. The van der Waals surface area contributed by atoms with Crippen LogP contribution >= 0.6 is 0 Å². The minimum absolute atomic E-state index is 0.376.